The molecule has 60 valence electrons. The fraction of sp³-hybridized carbons (Fsp3) is 0.250. The van der Waals surface area contributed by atoms with Crippen molar-refractivity contribution in [1.82, 2.24) is 0 Å². The Balaban J connectivity index is 3.29. The van der Waals surface area contributed by atoms with Gasteiger partial charge in [0.25, 0.3) is 0 Å². The molecule has 0 aliphatic rings. The molecular formula is C8H11FN2. The smallest absolute Gasteiger partial charge is 0.128 e. The van der Waals surface area contributed by atoms with Crippen LogP contribution in [-0.2, 0) is 6.42 Å². The van der Waals surface area contributed by atoms with Gasteiger partial charge in [-0.1, -0.05) is 6.92 Å². The number of nitrogen functional groups attached to an aromatic ring is 2. The van der Waals surface area contributed by atoms with E-state index in [1.807, 2.05) is 6.92 Å². The van der Waals surface area contributed by atoms with E-state index in [0.717, 1.165) is 0 Å². The molecule has 0 spiro atoms. The van der Waals surface area contributed by atoms with Gasteiger partial charge >= 0.3 is 0 Å². The van der Waals surface area contributed by atoms with E-state index in [0.29, 0.717) is 23.4 Å². The maximum Gasteiger partial charge on any atom is 0.128 e. The summed E-state index contributed by atoms with van der Waals surface area (Å²) in [7, 11) is 0. The van der Waals surface area contributed by atoms with E-state index in [9.17, 15) is 4.39 Å². The van der Waals surface area contributed by atoms with Crippen LogP contribution in [0.4, 0.5) is 15.8 Å². The van der Waals surface area contributed by atoms with Crippen molar-refractivity contribution in [2.24, 2.45) is 0 Å². The highest BCUT2D eigenvalue weighted by Crippen LogP contribution is 2.22. The SMILES string of the molecule is CCc1c(F)ccc(N)c1N. The molecule has 0 atom stereocenters. The molecule has 0 aliphatic heterocycles. The first-order valence-electron chi connectivity index (χ1n) is 3.49. The van der Waals surface area contributed by atoms with Crippen LogP contribution in [0.15, 0.2) is 12.1 Å². The second-order valence-electron chi connectivity index (χ2n) is 2.38. The van der Waals surface area contributed by atoms with Gasteiger partial charge < -0.3 is 11.5 Å². The van der Waals surface area contributed by atoms with Crippen molar-refractivity contribution in [3.05, 3.63) is 23.5 Å². The Hall–Kier alpha value is -1.25. The average Bonchev–Trinajstić information content (AvgIpc) is 1.99. The second kappa shape index (κ2) is 2.78. The summed E-state index contributed by atoms with van der Waals surface area (Å²) in [5.74, 6) is -0.279. The summed E-state index contributed by atoms with van der Waals surface area (Å²) in [5.41, 5.74) is 12.3. The Labute approximate surface area is 65.0 Å². The monoisotopic (exact) mass is 154 g/mol. The minimum Gasteiger partial charge on any atom is -0.397 e. The van der Waals surface area contributed by atoms with Gasteiger partial charge in [0.15, 0.2) is 0 Å². The predicted molar refractivity (Wildman–Crippen MR) is 44.6 cm³/mol. The summed E-state index contributed by atoms with van der Waals surface area (Å²) >= 11 is 0. The highest BCUT2D eigenvalue weighted by Gasteiger charge is 2.05. The fourth-order valence-corrected chi connectivity index (χ4v) is 1.02. The first-order valence-corrected chi connectivity index (χ1v) is 3.49. The normalized spacial score (nSPS) is 10.0. The molecule has 0 fully saturated rings. The molecule has 0 amide bonds. The molecule has 0 saturated carbocycles. The van der Waals surface area contributed by atoms with Crippen LogP contribution in [-0.4, -0.2) is 0 Å². The zero-order valence-electron chi connectivity index (χ0n) is 6.39. The predicted octanol–water partition coefficient (Wildman–Crippen LogP) is 1.55. The van der Waals surface area contributed by atoms with Crippen LogP contribution < -0.4 is 11.5 Å². The molecule has 3 heteroatoms. The second-order valence-corrected chi connectivity index (χ2v) is 2.38. The van der Waals surface area contributed by atoms with Gasteiger partial charge in [-0.3, -0.25) is 0 Å². The molecule has 2 nitrogen and oxygen atoms in total. The maximum atomic E-state index is 12.9. The van der Waals surface area contributed by atoms with Gasteiger partial charge in [-0.2, -0.15) is 0 Å². The molecule has 0 saturated heterocycles. The Morgan fingerprint density at radius 1 is 1.36 bits per heavy atom. The largest absolute Gasteiger partial charge is 0.397 e. The summed E-state index contributed by atoms with van der Waals surface area (Å²) in [5, 5.41) is 0. The Morgan fingerprint density at radius 2 is 2.00 bits per heavy atom. The molecule has 11 heavy (non-hydrogen) atoms. The minimum atomic E-state index is -0.279. The fourth-order valence-electron chi connectivity index (χ4n) is 1.02. The molecule has 0 bridgehead atoms. The van der Waals surface area contributed by atoms with Crippen molar-refractivity contribution < 1.29 is 4.39 Å². The van der Waals surface area contributed by atoms with Crippen LogP contribution >= 0.6 is 0 Å². The van der Waals surface area contributed by atoms with Crippen molar-refractivity contribution in [2.75, 3.05) is 11.5 Å². The number of hydrogen-bond acceptors (Lipinski definition) is 2. The zero-order chi connectivity index (χ0) is 8.43. The van der Waals surface area contributed by atoms with Gasteiger partial charge in [-0.25, -0.2) is 4.39 Å². The Bertz CT molecular complexity index is 271. The maximum absolute atomic E-state index is 12.9. The third kappa shape index (κ3) is 1.27. The van der Waals surface area contributed by atoms with Crippen molar-refractivity contribution in [2.45, 2.75) is 13.3 Å². The molecule has 1 aromatic carbocycles. The van der Waals surface area contributed by atoms with E-state index < -0.39 is 0 Å². The third-order valence-corrected chi connectivity index (χ3v) is 1.69. The van der Waals surface area contributed by atoms with Gasteiger partial charge in [0.2, 0.25) is 0 Å². The Kier molecular flexibility index (Phi) is 1.98. The van der Waals surface area contributed by atoms with Crippen LogP contribution in [0.25, 0.3) is 0 Å². The van der Waals surface area contributed by atoms with Crippen molar-refractivity contribution >= 4 is 11.4 Å². The third-order valence-electron chi connectivity index (χ3n) is 1.69. The van der Waals surface area contributed by atoms with Crippen molar-refractivity contribution in [3.8, 4) is 0 Å². The standard InChI is InChI=1S/C8H11FN2/c1-2-5-6(9)3-4-7(10)8(5)11/h3-4H,2,10-11H2,1H3. The van der Waals surface area contributed by atoms with E-state index in [2.05, 4.69) is 0 Å². The van der Waals surface area contributed by atoms with Gasteiger partial charge in [-0.15, -0.1) is 0 Å². The average molecular weight is 154 g/mol. The van der Waals surface area contributed by atoms with Gasteiger partial charge in [0.1, 0.15) is 5.82 Å². The van der Waals surface area contributed by atoms with Crippen molar-refractivity contribution in [3.63, 3.8) is 0 Å². The van der Waals surface area contributed by atoms with E-state index >= 15 is 0 Å². The van der Waals surface area contributed by atoms with E-state index in [4.69, 9.17) is 11.5 Å². The molecule has 0 radical (unpaired) electrons. The summed E-state index contributed by atoms with van der Waals surface area (Å²) in [6, 6.07) is 2.81. The summed E-state index contributed by atoms with van der Waals surface area (Å²) in [6.07, 6.45) is 0.572. The molecule has 0 aromatic heterocycles. The number of halogens is 1. The van der Waals surface area contributed by atoms with E-state index in [1.54, 1.807) is 0 Å². The topological polar surface area (TPSA) is 52.0 Å². The highest BCUT2D eigenvalue weighted by molar-refractivity contribution is 5.67. The summed E-state index contributed by atoms with van der Waals surface area (Å²) in [4.78, 5) is 0. The number of benzene rings is 1. The van der Waals surface area contributed by atoms with Gasteiger partial charge in [0.05, 0.1) is 11.4 Å². The van der Waals surface area contributed by atoms with E-state index in [-0.39, 0.29) is 5.82 Å². The van der Waals surface area contributed by atoms with Crippen LogP contribution in [0.3, 0.4) is 0 Å². The molecule has 1 aromatic rings. The van der Waals surface area contributed by atoms with Crippen LogP contribution in [0.2, 0.25) is 0 Å². The van der Waals surface area contributed by atoms with Crippen LogP contribution in [0.5, 0.6) is 0 Å². The number of hydrogen-bond donors (Lipinski definition) is 2. The lowest BCUT2D eigenvalue weighted by molar-refractivity contribution is 0.613. The van der Waals surface area contributed by atoms with Gasteiger partial charge in [-0.05, 0) is 18.6 Å². The molecule has 4 N–H and O–H groups in total. The lowest BCUT2D eigenvalue weighted by Gasteiger charge is -2.06. The number of rotatable bonds is 1. The zero-order valence-corrected chi connectivity index (χ0v) is 6.39. The summed E-state index contributed by atoms with van der Waals surface area (Å²) < 4.78 is 12.9. The molecule has 0 heterocycles. The number of anilines is 2. The molecule has 0 aliphatic carbocycles. The van der Waals surface area contributed by atoms with E-state index in [1.165, 1.54) is 12.1 Å². The van der Waals surface area contributed by atoms with Gasteiger partial charge in [0, 0.05) is 5.56 Å². The van der Waals surface area contributed by atoms with Crippen LogP contribution in [0.1, 0.15) is 12.5 Å². The Morgan fingerprint density at radius 3 is 2.45 bits per heavy atom. The quantitative estimate of drug-likeness (QED) is 0.603. The molecule has 0 unspecified atom stereocenters. The molecule has 1 rings (SSSR count). The lowest BCUT2D eigenvalue weighted by atomic mass is 10.1. The minimum absolute atomic E-state index is 0.279. The number of nitrogens with two attached hydrogens (primary N) is 2. The summed E-state index contributed by atoms with van der Waals surface area (Å²) in [6.45, 7) is 1.84. The van der Waals surface area contributed by atoms with Crippen LogP contribution in [0, 0.1) is 5.82 Å². The molecular weight excluding hydrogens is 143 g/mol. The first-order chi connectivity index (χ1) is 5.16. The lowest BCUT2D eigenvalue weighted by Crippen LogP contribution is -2.01. The highest BCUT2D eigenvalue weighted by atomic mass is 19.1. The first kappa shape index (κ1) is 7.85. The van der Waals surface area contributed by atoms with Crippen molar-refractivity contribution in [1.29, 1.82) is 0 Å².